The van der Waals surface area contributed by atoms with E-state index in [1.54, 1.807) is 30.1 Å². The van der Waals surface area contributed by atoms with Crippen LogP contribution in [0.5, 0.6) is 0 Å². The van der Waals surface area contributed by atoms with Crippen molar-refractivity contribution >= 4 is 32.7 Å². The zero-order chi connectivity index (χ0) is 18.1. The summed E-state index contributed by atoms with van der Waals surface area (Å²) in [6, 6.07) is 10.7. The molecule has 0 bridgehead atoms. The quantitative estimate of drug-likeness (QED) is 0.733. The summed E-state index contributed by atoms with van der Waals surface area (Å²) < 4.78 is 2.48. The van der Waals surface area contributed by atoms with E-state index in [1.165, 1.54) is 0 Å². The second-order valence-electron chi connectivity index (χ2n) is 5.89. The number of benzene rings is 2. The van der Waals surface area contributed by atoms with Gasteiger partial charge in [-0.25, -0.2) is 4.98 Å². The topological polar surface area (TPSA) is 64.0 Å². The summed E-state index contributed by atoms with van der Waals surface area (Å²) in [6.07, 6.45) is 1.56. The Hall–Kier alpha value is -2.47. The molecule has 0 aliphatic heterocycles. The van der Waals surface area contributed by atoms with E-state index in [0.29, 0.717) is 16.5 Å². The van der Waals surface area contributed by atoms with Crippen molar-refractivity contribution in [2.75, 3.05) is 7.05 Å². The number of hydrogen-bond donors (Lipinski definition) is 1. The molecule has 6 heteroatoms. The molecule has 1 amide bonds. The van der Waals surface area contributed by atoms with Crippen molar-refractivity contribution in [3.63, 3.8) is 0 Å². The molecule has 2 aromatic carbocycles. The van der Waals surface area contributed by atoms with E-state index in [-0.39, 0.29) is 17.5 Å². The van der Waals surface area contributed by atoms with E-state index in [4.69, 9.17) is 0 Å². The van der Waals surface area contributed by atoms with Crippen LogP contribution in [0.25, 0.3) is 10.9 Å². The minimum Gasteiger partial charge on any atom is -0.355 e. The van der Waals surface area contributed by atoms with Crippen LogP contribution in [0, 0.1) is 6.92 Å². The highest BCUT2D eigenvalue weighted by atomic mass is 79.9. The van der Waals surface area contributed by atoms with Gasteiger partial charge in [-0.05, 0) is 49.2 Å². The number of halogens is 1. The molecule has 128 valence electrons. The highest BCUT2D eigenvalue weighted by Gasteiger charge is 2.17. The van der Waals surface area contributed by atoms with E-state index >= 15 is 0 Å². The van der Waals surface area contributed by atoms with Gasteiger partial charge in [0.15, 0.2) is 0 Å². The van der Waals surface area contributed by atoms with Crippen molar-refractivity contribution in [2.45, 2.75) is 19.9 Å². The van der Waals surface area contributed by atoms with Gasteiger partial charge >= 0.3 is 0 Å². The van der Waals surface area contributed by atoms with Crippen LogP contribution in [0.3, 0.4) is 0 Å². The summed E-state index contributed by atoms with van der Waals surface area (Å²) in [6.45, 7) is 3.83. The molecule has 1 N–H and O–H groups in total. The lowest BCUT2D eigenvalue weighted by molar-refractivity contribution is 0.0962. The Kier molecular flexibility index (Phi) is 4.72. The second kappa shape index (κ2) is 6.80. The molecule has 3 aromatic rings. The third kappa shape index (κ3) is 3.09. The van der Waals surface area contributed by atoms with Crippen LogP contribution < -0.4 is 10.9 Å². The van der Waals surface area contributed by atoms with Crippen LogP contribution in [0.2, 0.25) is 0 Å². The Bertz CT molecular complexity index is 1030. The van der Waals surface area contributed by atoms with Crippen LogP contribution >= 0.6 is 15.9 Å². The third-order valence-corrected chi connectivity index (χ3v) is 4.95. The summed E-state index contributed by atoms with van der Waals surface area (Å²) in [7, 11) is 1.60. The normalized spacial score (nSPS) is 12.2. The van der Waals surface area contributed by atoms with Gasteiger partial charge in [-0.15, -0.1) is 0 Å². The highest BCUT2D eigenvalue weighted by molar-refractivity contribution is 9.10. The molecule has 0 aliphatic carbocycles. The summed E-state index contributed by atoms with van der Waals surface area (Å²) in [5, 5.41) is 3.21. The average Bonchev–Trinajstić information content (AvgIpc) is 2.61. The van der Waals surface area contributed by atoms with Gasteiger partial charge in [-0.3, -0.25) is 14.2 Å². The maximum Gasteiger partial charge on any atom is 0.261 e. The van der Waals surface area contributed by atoms with Crippen molar-refractivity contribution in [3.05, 3.63) is 74.2 Å². The number of aromatic nitrogens is 2. The van der Waals surface area contributed by atoms with Crippen molar-refractivity contribution in [1.29, 1.82) is 0 Å². The molecule has 3 rings (SSSR count). The van der Waals surface area contributed by atoms with Crippen molar-refractivity contribution in [2.24, 2.45) is 0 Å². The van der Waals surface area contributed by atoms with Crippen LogP contribution in [0.15, 0.2) is 52.0 Å². The first-order valence-corrected chi connectivity index (χ1v) is 8.71. The molecule has 0 fully saturated rings. The predicted octanol–water partition coefficient (Wildman–Crippen LogP) is 3.44. The number of amides is 1. The summed E-state index contributed by atoms with van der Waals surface area (Å²) >= 11 is 3.39. The predicted molar refractivity (Wildman–Crippen MR) is 102 cm³/mol. The lowest BCUT2D eigenvalue weighted by Crippen LogP contribution is -2.26. The Labute approximate surface area is 153 Å². The fraction of sp³-hybridized carbons (Fsp3) is 0.211. The lowest BCUT2D eigenvalue weighted by Gasteiger charge is -2.19. The third-order valence-electron chi connectivity index (χ3n) is 4.46. The van der Waals surface area contributed by atoms with Crippen LogP contribution in [0.1, 0.15) is 34.5 Å². The maximum absolute atomic E-state index is 12.9. The second-order valence-corrected chi connectivity index (χ2v) is 6.81. The maximum atomic E-state index is 12.9. The molecule has 0 unspecified atom stereocenters. The first-order valence-electron chi connectivity index (χ1n) is 7.92. The van der Waals surface area contributed by atoms with Gasteiger partial charge in [0.1, 0.15) is 0 Å². The lowest BCUT2D eigenvalue weighted by atomic mass is 9.97. The molecule has 0 spiro atoms. The molecule has 1 atom stereocenters. The van der Waals surface area contributed by atoms with Crippen LogP contribution in [-0.2, 0) is 0 Å². The molecule has 0 saturated carbocycles. The first-order chi connectivity index (χ1) is 11.9. The van der Waals surface area contributed by atoms with Gasteiger partial charge in [-0.1, -0.05) is 28.1 Å². The number of hydrogen-bond acceptors (Lipinski definition) is 3. The van der Waals surface area contributed by atoms with Crippen LogP contribution in [0.4, 0.5) is 0 Å². The van der Waals surface area contributed by atoms with Crippen LogP contribution in [-0.4, -0.2) is 22.5 Å². The van der Waals surface area contributed by atoms with Gasteiger partial charge < -0.3 is 5.32 Å². The van der Waals surface area contributed by atoms with Gasteiger partial charge in [0.25, 0.3) is 11.5 Å². The number of rotatable bonds is 3. The molecule has 5 nitrogen and oxygen atoms in total. The van der Waals surface area contributed by atoms with Gasteiger partial charge in [0.2, 0.25) is 0 Å². The number of nitrogens with one attached hydrogen (secondary N) is 1. The monoisotopic (exact) mass is 399 g/mol. The average molecular weight is 400 g/mol. The summed E-state index contributed by atoms with van der Waals surface area (Å²) in [4.78, 5) is 29.3. The van der Waals surface area contributed by atoms with Crippen molar-refractivity contribution < 1.29 is 4.79 Å². The van der Waals surface area contributed by atoms with Gasteiger partial charge in [0.05, 0.1) is 23.3 Å². The summed E-state index contributed by atoms with van der Waals surface area (Å²) in [5.74, 6) is -0.139. The molecule has 1 heterocycles. The minimum absolute atomic E-state index is 0.102. The first kappa shape index (κ1) is 17.4. The fourth-order valence-electron chi connectivity index (χ4n) is 3.02. The molecular formula is C19H18BrN3O2. The number of nitrogens with zero attached hydrogens (tertiary/aromatic N) is 2. The van der Waals surface area contributed by atoms with E-state index in [2.05, 4.69) is 26.2 Å². The highest BCUT2D eigenvalue weighted by Crippen LogP contribution is 2.24. The van der Waals surface area contributed by atoms with E-state index < -0.39 is 0 Å². The molecule has 25 heavy (non-hydrogen) atoms. The number of carbonyl (C=O) groups excluding carboxylic acids is 1. The Morgan fingerprint density at radius 1 is 1.28 bits per heavy atom. The van der Waals surface area contributed by atoms with E-state index in [1.807, 2.05) is 38.1 Å². The summed E-state index contributed by atoms with van der Waals surface area (Å²) in [5.41, 5.74) is 2.93. The van der Waals surface area contributed by atoms with Gasteiger partial charge in [-0.2, -0.15) is 0 Å². The molecule has 0 saturated heterocycles. The van der Waals surface area contributed by atoms with Gasteiger partial charge in [0, 0.05) is 17.1 Å². The number of fused-ring (bicyclic) bond motifs is 1. The molecule has 0 aliphatic rings. The smallest absolute Gasteiger partial charge is 0.261 e. The minimum atomic E-state index is -0.238. The van der Waals surface area contributed by atoms with Crippen molar-refractivity contribution in [1.82, 2.24) is 14.9 Å². The molecular weight excluding hydrogens is 382 g/mol. The Morgan fingerprint density at radius 3 is 2.76 bits per heavy atom. The van der Waals surface area contributed by atoms with E-state index in [0.717, 1.165) is 15.6 Å². The number of carbonyl (C=O) groups is 1. The zero-order valence-corrected chi connectivity index (χ0v) is 15.8. The largest absolute Gasteiger partial charge is 0.355 e. The van der Waals surface area contributed by atoms with E-state index in [9.17, 15) is 9.59 Å². The Balaban J connectivity index is 2.13. The van der Waals surface area contributed by atoms with Crippen molar-refractivity contribution in [3.8, 4) is 0 Å². The fourth-order valence-corrected chi connectivity index (χ4v) is 3.37. The SMILES string of the molecule is CNC(=O)c1cccc([C@@H](C)n2cnc3cc(Br)ccc3c2=O)c1C. The Morgan fingerprint density at radius 2 is 2.04 bits per heavy atom. The molecule has 1 aromatic heterocycles. The standard InChI is InChI=1S/C19H18BrN3O2/c1-11-14(5-4-6-15(11)18(24)21-3)12(2)23-10-22-17-9-13(20)7-8-16(17)19(23)25/h4-10,12H,1-3H3,(H,21,24)/t12-/m1/s1. The zero-order valence-electron chi connectivity index (χ0n) is 14.2. The molecule has 0 radical (unpaired) electrons.